The second-order valence-electron chi connectivity index (χ2n) is 4.95. The van der Waals surface area contributed by atoms with Gasteiger partial charge < -0.3 is 11.5 Å². The first kappa shape index (κ1) is 11.8. The molecule has 1 unspecified atom stereocenters. The van der Waals surface area contributed by atoms with Crippen LogP contribution in [0.15, 0.2) is 36.2 Å². The number of benzene rings is 1. The van der Waals surface area contributed by atoms with Gasteiger partial charge in [-0.3, -0.25) is 4.48 Å². The summed E-state index contributed by atoms with van der Waals surface area (Å²) >= 11 is 0. The molecule has 1 aliphatic heterocycles. The summed E-state index contributed by atoms with van der Waals surface area (Å²) < 4.78 is 0.947. The van der Waals surface area contributed by atoms with Gasteiger partial charge >= 0.3 is 0 Å². The fourth-order valence-corrected chi connectivity index (χ4v) is 2.18. The molecule has 17 heavy (non-hydrogen) atoms. The second kappa shape index (κ2) is 4.66. The summed E-state index contributed by atoms with van der Waals surface area (Å²) in [7, 11) is 2.22. The van der Waals surface area contributed by atoms with Crippen molar-refractivity contribution in [3.8, 4) is 0 Å². The van der Waals surface area contributed by atoms with Gasteiger partial charge in [0.15, 0.2) is 0 Å². The first-order valence-corrected chi connectivity index (χ1v) is 5.99. The molecule has 4 N–H and O–H groups in total. The number of hydrogen-bond donors (Lipinski definition) is 2. The topological polar surface area (TPSA) is 52.0 Å². The number of aryl methyl sites for hydroxylation is 1. The van der Waals surface area contributed by atoms with E-state index in [-0.39, 0.29) is 0 Å². The third kappa shape index (κ3) is 2.90. The number of quaternary nitrogens is 1. The minimum Gasteiger partial charge on any atom is -0.399 e. The fourth-order valence-electron chi connectivity index (χ4n) is 2.18. The third-order valence-electron chi connectivity index (χ3n) is 3.29. The Kier molecular flexibility index (Phi) is 3.23. The Balaban J connectivity index is 1.90. The number of nitrogen functional groups attached to an aromatic ring is 2. The van der Waals surface area contributed by atoms with Crippen LogP contribution in [-0.2, 0) is 6.42 Å². The Morgan fingerprint density at radius 3 is 2.88 bits per heavy atom. The summed E-state index contributed by atoms with van der Waals surface area (Å²) in [5, 5.41) is 0. The van der Waals surface area contributed by atoms with Crippen LogP contribution in [0.25, 0.3) is 0 Å². The first-order valence-electron chi connectivity index (χ1n) is 5.99. The summed E-state index contributed by atoms with van der Waals surface area (Å²) in [6, 6.07) is 5.71. The number of rotatable bonds is 4. The van der Waals surface area contributed by atoms with E-state index >= 15 is 0 Å². The minimum absolute atomic E-state index is 0.789. The standard InChI is InChI=1S/C14H20N3/c1-17(8-2-3-9-17)10-4-5-12-11-13(15)6-7-14(12)16/h2,6-7,9,11H,4-5,8,10,15-16H2,1H3/q+1. The highest BCUT2D eigenvalue weighted by Gasteiger charge is 2.19. The molecule has 1 aromatic carbocycles. The van der Waals surface area contributed by atoms with E-state index in [0.29, 0.717) is 0 Å². The molecule has 1 aliphatic rings. The lowest BCUT2D eigenvalue weighted by atomic mass is 10.1. The molecule has 1 aromatic rings. The van der Waals surface area contributed by atoms with Crippen molar-refractivity contribution in [3.05, 3.63) is 41.8 Å². The number of hydrogen-bond acceptors (Lipinski definition) is 2. The second-order valence-corrected chi connectivity index (χ2v) is 4.95. The van der Waals surface area contributed by atoms with Crippen molar-refractivity contribution in [3.63, 3.8) is 0 Å². The molecule has 0 bridgehead atoms. The Bertz CT molecular complexity index is 472. The molecule has 1 heterocycles. The molecule has 0 fully saturated rings. The van der Waals surface area contributed by atoms with Gasteiger partial charge in [-0.1, -0.05) is 5.73 Å². The van der Waals surface area contributed by atoms with Crippen molar-refractivity contribution in [2.75, 3.05) is 31.6 Å². The van der Waals surface area contributed by atoms with Crippen LogP contribution in [0.3, 0.4) is 0 Å². The Morgan fingerprint density at radius 1 is 1.35 bits per heavy atom. The Labute approximate surface area is 103 Å². The normalized spacial score (nSPS) is 22.2. The van der Waals surface area contributed by atoms with Crippen molar-refractivity contribution in [2.24, 2.45) is 0 Å². The molecule has 0 aliphatic carbocycles. The molecule has 0 spiro atoms. The molecule has 1 atom stereocenters. The predicted octanol–water partition coefficient (Wildman–Crippen LogP) is 1.91. The maximum atomic E-state index is 5.93. The van der Waals surface area contributed by atoms with Crippen molar-refractivity contribution >= 4 is 11.4 Å². The molecule has 2 rings (SSSR count). The maximum absolute atomic E-state index is 5.93. The van der Waals surface area contributed by atoms with Gasteiger partial charge in [-0.05, 0) is 30.2 Å². The van der Waals surface area contributed by atoms with Gasteiger partial charge in [-0.25, -0.2) is 0 Å². The molecule has 0 radical (unpaired) electrons. The van der Waals surface area contributed by atoms with Gasteiger partial charge in [-0.15, -0.1) is 0 Å². The van der Waals surface area contributed by atoms with Gasteiger partial charge in [0.2, 0.25) is 0 Å². The SMILES string of the molecule is C[N+]1(CCCc2cc(N)ccc2N)C=C=CC1. The lowest BCUT2D eigenvalue weighted by Gasteiger charge is -2.25. The van der Waals surface area contributed by atoms with Crippen LogP contribution in [0.2, 0.25) is 0 Å². The summed E-state index contributed by atoms with van der Waals surface area (Å²) in [5.74, 6) is 0. The van der Waals surface area contributed by atoms with E-state index in [1.807, 2.05) is 18.2 Å². The Morgan fingerprint density at radius 2 is 2.18 bits per heavy atom. The summed E-state index contributed by atoms with van der Waals surface area (Å²) in [6.45, 7) is 2.16. The third-order valence-corrected chi connectivity index (χ3v) is 3.29. The molecule has 90 valence electrons. The molecule has 0 aromatic heterocycles. The van der Waals surface area contributed by atoms with E-state index in [2.05, 4.69) is 25.1 Å². The van der Waals surface area contributed by atoms with Gasteiger partial charge in [0.25, 0.3) is 0 Å². The van der Waals surface area contributed by atoms with E-state index < -0.39 is 0 Å². The summed E-state index contributed by atoms with van der Waals surface area (Å²) in [4.78, 5) is 0. The van der Waals surface area contributed by atoms with Crippen LogP contribution in [0, 0.1) is 0 Å². The summed E-state index contributed by atoms with van der Waals surface area (Å²) in [5.41, 5.74) is 17.6. The molecular weight excluding hydrogens is 210 g/mol. The van der Waals surface area contributed by atoms with Crippen LogP contribution in [-0.4, -0.2) is 24.6 Å². The fraction of sp³-hybridized carbons (Fsp3) is 0.357. The molecule has 0 saturated heterocycles. The van der Waals surface area contributed by atoms with Gasteiger partial charge in [-0.2, -0.15) is 0 Å². The quantitative estimate of drug-likeness (QED) is 0.471. The zero-order valence-corrected chi connectivity index (χ0v) is 10.3. The van der Waals surface area contributed by atoms with E-state index in [1.54, 1.807) is 0 Å². The molecule has 3 nitrogen and oxygen atoms in total. The average Bonchev–Trinajstić information content (AvgIpc) is 2.71. The minimum atomic E-state index is 0.789. The van der Waals surface area contributed by atoms with Gasteiger partial charge in [0.05, 0.1) is 13.6 Å². The van der Waals surface area contributed by atoms with Gasteiger partial charge in [0, 0.05) is 23.9 Å². The van der Waals surface area contributed by atoms with Crippen LogP contribution < -0.4 is 11.5 Å². The van der Waals surface area contributed by atoms with Crippen molar-refractivity contribution in [2.45, 2.75) is 12.8 Å². The van der Waals surface area contributed by atoms with Crippen LogP contribution in [0.4, 0.5) is 11.4 Å². The number of likely N-dealkylation sites (N-methyl/N-ethyl adjacent to an activating group) is 1. The van der Waals surface area contributed by atoms with E-state index in [1.165, 1.54) is 0 Å². The smallest absolute Gasteiger partial charge is 0.139 e. The highest BCUT2D eigenvalue weighted by molar-refractivity contribution is 5.55. The van der Waals surface area contributed by atoms with Crippen LogP contribution in [0.5, 0.6) is 0 Å². The van der Waals surface area contributed by atoms with Crippen molar-refractivity contribution in [1.82, 2.24) is 0 Å². The van der Waals surface area contributed by atoms with Crippen LogP contribution in [0.1, 0.15) is 12.0 Å². The largest absolute Gasteiger partial charge is 0.399 e. The maximum Gasteiger partial charge on any atom is 0.139 e. The molecule has 0 saturated carbocycles. The predicted molar refractivity (Wildman–Crippen MR) is 72.2 cm³/mol. The molecule has 0 amide bonds. The lowest BCUT2D eigenvalue weighted by molar-refractivity contribution is -0.850. The number of nitrogens with two attached hydrogens (primary N) is 2. The van der Waals surface area contributed by atoms with E-state index in [0.717, 1.165) is 47.4 Å². The zero-order valence-electron chi connectivity index (χ0n) is 10.3. The number of anilines is 2. The zero-order chi connectivity index (χ0) is 12.3. The molecular formula is C14H20N3+. The number of nitrogens with zero attached hydrogens (tertiary/aromatic N) is 1. The van der Waals surface area contributed by atoms with Gasteiger partial charge in [0.1, 0.15) is 12.7 Å². The average molecular weight is 230 g/mol. The first-order chi connectivity index (χ1) is 8.09. The lowest BCUT2D eigenvalue weighted by Crippen LogP contribution is -2.37. The summed E-state index contributed by atoms with van der Waals surface area (Å²) in [6.07, 6.45) is 6.31. The highest BCUT2D eigenvalue weighted by Crippen LogP contribution is 2.18. The van der Waals surface area contributed by atoms with Crippen molar-refractivity contribution < 1.29 is 4.48 Å². The van der Waals surface area contributed by atoms with E-state index in [4.69, 9.17) is 11.5 Å². The van der Waals surface area contributed by atoms with Crippen LogP contribution >= 0.6 is 0 Å². The monoisotopic (exact) mass is 230 g/mol. The van der Waals surface area contributed by atoms with E-state index in [9.17, 15) is 0 Å². The molecule has 3 heteroatoms. The Hall–Kier alpha value is -1.70. The highest BCUT2D eigenvalue weighted by atomic mass is 15.3. The van der Waals surface area contributed by atoms with Crippen molar-refractivity contribution in [1.29, 1.82) is 0 Å².